The Bertz CT molecular complexity index is 780. The predicted octanol–water partition coefficient (Wildman–Crippen LogP) is 4.10. The lowest BCUT2D eigenvalue weighted by molar-refractivity contribution is 0.0599. The summed E-state index contributed by atoms with van der Waals surface area (Å²) in [6.07, 6.45) is 2.57. The molecule has 0 aliphatic carbocycles. The fourth-order valence-electron chi connectivity index (χ4n) is 2.74. The number of anilines is 1. The number of rotatable bonds is 8. The highest BCUT2D eigenvalue weighted by molar-refractivity contribution is 6.07. The van der Waals surface area contributed by atoms with E-state index in [1.807, 2.05) is 25.1 Å². The number of carbonyl (C=O) groups excluding carboxylic acids is 2. The van der Waals surface area contributed by atoms with E-state index in [1.165, 1.54) is 7.11 Å². The molecule has 0 radical (unpaired) electrons. The number of carbonyl (C=O) groups is 2. The molecule has 0 bridgehead atoms. The molecule has 2 aromatic rings. The summed E-state index contributed by atoms with van der Waals surface area (Å²) < 4.78 is 10.6. The number of unbranched alkanes of at least 4 members (excludes halogenated alkanes) is 1. The van der Waals surface area contributed by atoms with Crippen LogP contribution >= 0.6 is 0 Å². The third-order valence-electron chi connectivity index (χ3n) is 4.19. The van der Waals surface area contributed by atoms with Gasteiger partial charge in [0.1, 0.15) is 11.4 Å². The van der Waals surface area contributed by atoms with Gasteiger partial charge in [-0.3, -0.25) is 4.79 Å². The largest absolute Gasteiger partial charge is 0.491 e. The molecule has 26 heavy (non-hydrogen) atoms. The lowest BCUT2D eigenvalue weighted by atomic mass is 10.1. The quantitative estimate of drug-likeness (QED) is 0.550. The topological polar surface area (TPSA) is 80.4 Å². The van der Waals surface area contributed by atoms with Crippen molar-refractivity contribution < 1.29 is 19.1 Å². The van der Waals surface area contributed by atoms with Crippen LogP contribution < -0.4 is 10.1 Å². The number of H-pyrrole nitrogens is 1. The van der Waals surface area contributed by atoms with Crippen molar-refractivity contribution in [3.8, 4) is 5.75 Å². The minimum atomic E-state index is -0.446. The maximum Gasteiger partial charge on any atom is 0.339 e. The second kappa shape index (κ2) is 9.08. The van der Waals surface area contributed by atoms with Crippen LogP contribution in [0.15, 0.2) is 24.3 Å². The number of methoxy groups -OCH3 is 1. The van der Waals surface area contributed by atoms with Gasteiger partial charge in [0, 0.05) is 5.69 Å². The SMILES string of the molecule is CCCCOc1ccccc1NC(=O)c1[nH]c(CC)c(C(=O)OC)c1C. The van der Waals surface area contributed by atoms with Crippen LogP contribution in [0, 0.1) is 6.92 Å². The van der Waals surface area contributed by atoms with Crippen LogP contribution in [0.5, 0.6) is 5.75 Å². The summed E-state index contributed by atoms with van der Waals surface area (Å²) in [4.78, 5) is 27.8. The Labute approximate surface area is 153 Å². The summed E-state index contributed by atoms with van der Waals surface area (Å²) in [7, 11) is 1.33. The average Bonchev–Trinajstić information content (AvgIpc) is 2.99. The molecule has 2 N–H and O–H groups in total. The summed E-state index contributed by atoms with van der Waals surface area (Å²) in [5, 5.41) is 2.87. The van der Waals surface area contributed by atoms with Gasteiger partial charge in [0.15, 0.2) is 0 Å². The van der Waals surface area contributed by atoms with Gasteiger partial charge in [-0.2, -0.15) is 0 Å². The number of aryl methyl sites for hydroxylation is 1. The van der Waals surface area contributed by atoms with Gasteiger partial charge in [-0.1, -0.05) is 32.4 Å². The minimum Gasteiger partial charge on any atom is -0.491 e. The van der Waals surface area contributed by atoms with Crippen molar-refractivity contribution in [1.82, 2.24) is 4.98 Å². The zero-order valence-electron chi connectivity index (χ0n) is 15.8. The van der Waals surface area contributed by atoms with Gasteiger partial charge in [-0.15, -0.1) is 0 Å². The average molecular weight is 358 g/mol. The maximum absolute atomic E-state index is 12.8. The summed E-state index contributed by atoms with van der Waals surface area (Å²) in [5.74, 6) is -0.140. The van der Waals surface area contributed by atoms with E-state index in [4.69, 9.17) is 9.47 Å². The number of amides is 1. The Morgan fingerprint density at radius 2 is 1.92 bits per heavy atom. The molecule has 6 nitrogen and oxygen atoms in total. The van der Waals surface area contributed by atoms with Crippen molar-refractivity contribution in [1.29, 1.82) is 0 Å². The summed E-state index contributed by atoms with van der Waals surface area (Å²) >= 11 is 0. The minimum absolute atomic E-state index is 0.320. The van der Waals surface area contributed by atoms with Gasteiger partial charge in [0.2, 0.25) is 0 Å². The Morgan fingerprint density at radius 1 is 1.19 bits per heavy atom. The number of benzene rings is 1. The molecule has 0 aliphatic rings. The number of nitrogens with one attached hydrogen (secondary N) is 2. The first-order chi connectivity index (χ1) is 12.5. The molecule has 0 fully saturated rings. The van der Waals surface area contributed by atoms with E-state index in [0.717, 1.165) is 12.8 Å². The third kappa shape index (κ3) is 4.25. The second-order valence-corrected chi connectivity index (χ2v) is 5.98. The Morgan fingerprint density at radius 3 is 2.58 bits per heavy atom. The first kappa shape index (κ1) is 19.6. The van der Waals surface area contributed by atoms with E-state index in [-0.39, 0.29) is 5.91 Å². The lowest BCUT2D eigenvalue weighted by Crippen LogP contribution is -2.15. The molecule has 0 aliphatic heterocycles. The zero-order valence-corrected chi connectivity index (χ0v) is 15.8. The molecule has 1 heterocycles. The summed E-state index contributed by atoms with van der Waals surface area (Å²) in [5.41, 5.74) is 2.64. The number of esters is 1. The van der Waals surface area contributed by atoms with Crippen molar-refractivity contribution >= 4 is 17.6 Å². The van der Waals surface area contributed by atoms with E-state index >= 15 is 0 Å². The highest BCUT2D eigenvalue weighted by Gasteiger charge is 2.24. The van der Waals surface area contributed by atoms with Crippen LogP contribution in [0.1, 0.15) is 58.8 Å². The van der Waals surface area contributed by atoms with E-state index in [2.05, 4.69) is 17.2 Å². The Balaban J connectivity index is 2.26. The second-order valence-electron chi connectivity index (χ2n) is 5.98. The van der Waals surface area contributed by atoms with Crippen molar-refractivity contribution in [2.24, 2.45) is 0 Å². The van der Waals surface area contributed by atoms with Crippen molar-refractivity contribution in [3.05, 3.63) is 46.8 Å². The van der Waals surface area contributed by atoms with Crippen LogP contribution in [-0.4, -0.2) is 30.6 Å². The molecule has 140 valence electrons. The smallest absolute Gasteiger partial charge is 0.339 e. The molecule has 6 heteroatoms. The predicted molar refractivity (Wildman–Crippen MR) is 101 cm³/mol. The summed E-state index contributed by atoms with van der Waals surface area (Å²) in [6.45, 7) is 6.34. The molecule has 0 unspecified atom stereocenters. The monoisotopic (exact) mass is 358 g/mol. The molecule has 1 aromatic heterocycles. The van der Waals surface area contributed by atoms with E-state index < -0.39 is 5.97 Å². The van der Waals surface area contributed by atoms with Crippen molar-refractivity contribution in [2.75, 3.05) is 19.0 Å². The van der Waals surface area contributed by atoms with Crippen LogP contribution in [0.2, 0.25) is 0 Å². The van der Waals surface area contributed by atoms with Crippen LogP contribution in [0.4, 0.5) is 5.69 Å². The molecule has 1 aromatic carbocycles. The van der Waals surface area contributed by atoms with Gasteiger partial charge in [-0.05, 0) is 37.5 Å². The van der Waals surface area contributed by atoms with E-state index in [0.29, 0.717) is 47.0 Å². The van der Waals surface area contributed by atoms with E-state index in [9.17, 15) is 9.59 Å². The van der Waals surface area contributed by atoms with Crippen LogP contribution in [0.25, 0.3) is 0 Å². The molecule has 0 atom stereocenters. The van der Waals surface area contributed by atoms with Crippen molar-refractivity contribution in [2.45, 2.75) is 40.0 Å². The fourth-order valence-corrected chi connectivity index (χ4v) is 2.74. The standard InChI is InChI=1S/C20H26N2O4/c1-5-7-12-26-16-11-9-8-10-15(16)22-19(23)18-13(3)17(20(24)25-4)14(6-2)21-18/h8-11,21H,5-7,12H2,1-4H3,(H,22,23). The number of aromatic amines is 1. The Hall–Kier alpha value is -2.76. The molecule has 2 rings (SSSR count). The number of hydrogen-bond acceptors (Lipinski definition) is 4. The molecule has 0 saturated heterocycles. The Kier molecular flexibility index (Phi) is 6.83. The maximum atomic E-state index is 12.8. The normalized spacial score (nSPS) is 10.5. The highest BCUT2D eigenvalue weighted by Crippen LogP contribution is 2.26. The number of hydrogen-bond donors (Lipinski definition) is 2. The van der Waals surface area contributed by atoms with Gasteiger partial charge >= 0.3 is 5.97 Å². The number of aromatic nitrogens is 1. The molecular weight excluding hydrogens is 332 g/mol. The number of ether oxygens (including phenoxy) is 2. The van der Waals surface area contributed by atoms with Crippen LogP contribution in [-0.2, 0) is 11.2 Å². The fraction of sp³-hybridized carbons (Fsp3) is 0.400. The lowest BCUT2D eigenvalue weighted by Gasteiger charge is -2.12. The first-order valence-electron chi connectivity index (χ1n) is 8.86. The zero-order chi connectivity index (χ0) is 19.1. The highest BCUT2D eigenvalue weighted by atomic mass is 16.5. The molecule has 0 saturated carbocycles. The number of para-hydroxylation sites is 2. The molecule has 1 amide bonds. The van der Waals surface area contributed by atoms with Gasteiger partial charge in [0.25, 0.3) is 5.91 Å². The van der Waals surface area contributed by atoms with Gasteiger partial charge in [0.05, 0.1) is 25.0 Å². The molecule has 0 spiro atoms. The third-order valence-corrected chi connectivity index (χ3v) is 4.19. The van der Waals surface area contributed by atoms with Crippen LogP contribution in [0.3, 0.4) is 0 Å². The first-order valence-corrected chi connectivity index (χ1v) is 8.86. The summed E-state index contributed by atoms with van der Waals surface area (Å²) in [6, 6.07) is 7.31. The van der Waals surface area contributed by atoms with Gasteiger partial charge in [-0.25, -0.2) is 4.79 Å². The molecular formula is C20H26N2O4. The van der Waals surface area contributed by atoms with Gasteiger partial charge < -0.3 is 19.8 Å². The van der Waals surface area contributed by atoms with E-state index in [1.54, 1.807) is 13.0 Å². The van der Waals surface area contributed by atoms with Crippen molar-refractivity contribution in [3.63, 3.8) is 0 Å².